The van der Waals surface area contributed by atoms with Crippen molar-refractivity contribution in [3.8, 4) is 0 Å². The van der Waals surface area contributed by atoms with Crippen molar-refractivity contribution in [2.75, 3.05) is 4.90 Å². The standard InChI is InChI=1S/C44H49B2N/c1-14-35-21-38-44-39(22-35)46(43-33(12)29(8)26(5)30(9)34(43)13)37-20-24(3)16-18-41(37)47(44)40-17-15-23(2)19-36(40)45(38)42-31(10)27(6)25(4)28(7)32(42)11/h15-22H,14H2,1-13H3. The topological polar surface area (TPSA) is 3.24 Å². The van der Waals surface area contributed by atoms with Crippen LogP contribution < -0.4 is 37.7 Å². The SMILES string of the molecule is CCc1cc2c3c(c1)B(c1c(C)c(C)c(C)c(C)c1C)c1cc(C)ccc1N3c1ccc(C)cc1B2c1c(C)c(C)c(C)c(C)c1C. The van der Waals surface area contributed by atoms with E-state index in [1.807, 2.05) is 0 Å². The predicted octanol–water partition coefficient (Wildman–Crippen LogP) is 7.08. The van der Waals surface area contributed by atoms with Crippen LogP contribution in [0.1, 0.15) is 79.2 Å². The summed E-state index contributed by atoms with van der Waals surface area (Å²) in [6.07, 6.45) is 1.01. The van der Waals surface area contributed by atoms with Gasteiger partial charge in [-0.25, -0.2) is 0 Å². The Balaban J connectivity index is 1.68. The van der Waals surface area contributed by atoms with Gasteiger partial charge in [0.1, 0.15) is 0 Å². The highest BCUT2D eigenvalue weighted by molar-refractivity contribution is 7.02. The lowest BCUT2D eigenvalue weighted by atomic mass is 9.29. The molecule has 2 aliphatic heterocycles. The summed E-state index contributed by atoms with van der Waals surface area (Å²) in [6.45, 7) is 30.5. The minimum absolute atomic E-state index is 0.163. The third-order valence-corrected chi connectivity index (χ3v) is 12.6. The fourth-order valence-corrected chi connectivity index (χ4v) is 9.12. The van der Waals surface area contributed by atoms with Gasteiger partial charge in [0.15, 0.2) is 0 Å². The van der Waals surface area contributed by atoms with Crippen LogP contribution in [0.25, 0.3) is 0 Å². The number of fused-ring (bicyclic) bond motifs is 4. The van der Waals surface area contributed by atoms with E-state index in [0.717, 1.165) is 6.42 Å². The molecule has 0 N–H and O–H groups in total. The van der Waals surface area contributed by atoms with Crippen LogP contribution in [0.2, 0.25) is 0 Å². The summed E-state index contributed by atoms with van der Waals surface area (Å²) in [5.41, 5.74) is 31.1. The molecule has 0 fully saturated rings. The molecule has 5 aromatic carbocycles. The predicted molar refractivity (Wildman–Crippen MR) is 210 cm³/mol. The number of rotatable bonds is 3. The lowest BCUT2D eigenvalue weighted by molar-refractivity contribution is 1.14. The van der Waals surface area contributed by atoms with E-state index in [9.17, 15) is 0 Å². The maximum Gasteiger partial charge on any atom is 0.247 e. The van der Waals surface area contributed by atoms with Crippen molar-refractivity contribution in [3.63, 3.8) is 0 Å². The molecule has 0 saturated heterocycles. The molecule has 7 rings (SSSR count). The number of hydrogen-bond donors (Lipinski definition) is 0. The second kappa shape index (κ2) is 11.0. The number of benzene rings is 5. The molecule has 47 heavy (non-hydrogen) atoms. The van der Waals surface area contributed by atoms with E-state index in [4.69, 9.17) is 0 Å². The normalized spacial score (nSPS) is 13.2. The summed E-state index contributed by atoms with van der Waals surface area (Å²) in [6, 6.07) is 19.5. The molecule has 0 bridgehead atoms. The van der Waals surface area contributed by atoms with Gasteiger partial charge in [-0.15, -0.1) is 0 Å². The first-order valence-electron chi connectivity index (χ1n) is 17.6. The van der Waals surface area contributed by atoms with E-state index in [1.54, 1.807) is 0 Å². The fourth-order valence-electron chi connectivity index (χ4n) is 9.12. The van der Waals surface area contributed by atoms with Gasteiger partial charge in [0, 0.05) is 17.1 Å². The van der Waals surface area contributed by atoms with Gasteiger partial charge in [-0.1, -0.05) is 87.6 Å². The summed E-state index contributed by atoms with van der Waals surface area (Å²) in [5, 5.41) is 0. The van der Waals surface area contributed by atoms with Crippen LogP contribution in [-0.4, -0.2) is 13.4 Å². The molecule has 0 aliphatic carbocycles. The van der Waals surface area contributed by atoms with Crippen molar-refractivity contribution in [2.24, 2.45) is 0 Å². The van der Waals surface area contributed by atoms with Crippen molar-refractivity contribution in [1.82, 2.24) is 0 Å². The van der Waals surface area contributed by atoms with Crippen LogP contribution >= 0.6 is 0 Å². The zero-order chi connectivity index (χ0) is 33.8. The van der Waals surface area contributed by atoms with Crippen molar-refractivity contribution < 1.29 is 0 Å². The van der Waals surface area contributed by atoms with Crippen LogP contribution in [0, 0.1) is 83.1 Å². The van der Waals surface area contributed by atoms with Crippen LogP contribution in [0.3, 0.4) is 0 Å². The third-order valence-electron chi connectivity index (χ3n) is 12.6. The molecule has 2 heterocycles. The second-order valence-electron chi connectivity index (χ2n) is 14.9. The van der Waals surface area contributed by atoms with Gasteiger partial charge in [0.2, 0.25) is 13.4 Å². The molecule has 3 heteroatoms. The Kier molecular flexibility index (Phi) is 7.43. The molecule has 0 saturated carbocycles. The van der Waals surface area contributed by atoms with E-state index < -0.39 is 0 Å². The Hall–Kier alpha value is -3.97. The van der Waals surface area contributed by atoms with E-state index in [-0.39, 0.29) is 13.4 Å². The van der Waals surface area contributed by atoms with Gasteiger partial charge in [-0.2, -0.15) is 0 Å². The Morgan fingerprint density at radius 3 is 1.11 bits per heavy atom. The summed E-state index contributed by atoms with van der Waals surface area (Å²) in [7, 11) is 0. The summed E-state index contributed by atoms with van der Waals surface area (Å²) in [4.78, 5) is 2.64. The first kappa shape index (κ1) is 31.6. The van der Waals surface area contributed by atoms with Crippen molar-refractivity contribution in [2.45, 2.75) is 96.4 Å². The van der Waals surface area contributed by atoms with Crippen LogP contribution in [-0.2, 0) is 6.42 Å². The smallest absolute Gasteiger partial charge is 0.247 e. The highest BCUT2D eigenvalue weighted by atomic mass is 15.2. The van der Waals surface area contributed by atoms with Crippen LogP contribution in [0.4, 0.5) is 17.1 Å². The summed E-state index contributed by atoms with van der Waals surface area (Å²) >= 11 is 0. The Bertz CT molecular complexity index is 1960. The molecule has 0 aromatic heterocycles. The lowest BCUT2D eigenvalue weighted by Gasteiger charge is -2.45. The van der Waals surface area contributed by atoms with Gasteiger partial charge in [0.05, 0.1) is 0 Å². The Morgan fingerprint density at radius 2 is 0.766 bits per heavy atom. The minimum Gasteiger partial charge on any atom is -0.313 e. The molecular weight excluding hydrogens is 564 g/mol. The monoisotopic (exact) mass is 613 g/mol. The first-order chi connectivity index (χ1) is 22.3. The average Bonchev–Trinajstić information content (AvgIpc) is 3.06. The quantitative estimate of drug-likeness (QED) is 0.193. The van der Waals surface area contributed by atoms with E-state index in [2.05, 4.69) is 143 Å². The average molecular weight is 614 g/mol. The van der Waals surface area contributed by atoms with E-state index in [1.165, 1.54) is 122 Å². The van der Waals surface area contributed by atoms with Crippen LogP contribution in [0.5, 0.6) is 0 Å². The lowest BCUT2D eigenvalue weighted by Crippen LogP contribution is -2.66. The molecule has 0 spiro atoms. The van der Waals surface area contributed by atoms with E-state index in [0.29, 0.717) is 0 Å². The molecule has 5 aromatic rings. The second-order valence-corrected chi connectivity index (χ2v) is 14.9. The molecule has 236 valence electrons. The maximum absolute atomic E-state index is 2.64. The molecular formula is C44H49B2N. The fraction of sp³-hybridized carbons (Fsp3) is 0.318. The number of hydrogen-bond acceptors (Lipinski definition) is 1. The van der Waals surface area contributed by atoms with E-state index >= 15 is 0 Å². The molecule has 0 atom stereocenters. The van der Waals surface area contributed by atoms with Gasteiger partial charge >= 0.3 is 0 Å². The summed E-state index contributed by atoms with van der Waals surface area (Å²) < 4.78 is 0. The van der Waals surface area contributed by atoms with Crippen molar-refractivity contribution in [3.05, 3.63) is 121 Å². The van der Waals surface area contributed by atoms with Crippen molar-refractivity contribution in [1.29, 1.82) is 0 Å². The number of anilines is 3. The number of nitrogens with zero attached hydrogens (tertiary/aromatic N) is 1. The van der Waals surface area contributed by atoms with Gasteiger partial charge in [-0.3, -0.25) is 0 Å². The first-order valence-corrected chi connectivity index (χ1v) is 17.6. The minimum atomic E-state index is 0.163. The van der Waals surface area contributed by atoms with Crippen LogP contribution in [0.15, 0.2) is 48.5 Å². The largest absolute Gasteiger partial charge is 0.313 e. The molecule has 0 radical (unpaired) electrons. The Labute approximate surface area is 284 Å². The molecule has 1 nitrogen and oxygen atoms in total. The molecule has 0 unspecified atom stereocenters. The van der Waals surface area contributed by atoms with Gasteiger partial charge in [0.25, 0.3) is 0 Å². The summed E-state index contributed by atoms with van der Waals surface area (Å²) in [5.74, 6) is 0. The van der Waals surface area contributed by atoms with Gasteiger partial charge in [-0.05, 0) is 162 Å². The maximum atomic E-state index is 2.64. The Morgan fingerprint density at radius 1 is 0.426 bits per heavy atom. The zero-order valence-electron chi connectivity index (χ0n) is 30.9. The number of aryl methyl sites for hydroxylation is 3. The highest BCUT2D eigenvalue weighted by Crippen LogP contribution is 2.39. The third kappa shape index (κ3) is 4.38. The molecule has 2 aliphatic rings. The zero-order valence-corrected chi connectivity index (χ0v) is 30.9. The van der Waals surface area contributed by atoms with Gasteiger partial charge < -0.3 is 4.90 Å². The van der Waals surface area contributed by atoms with Crippen molar-refractivity contribution >= 4 is 63.3 Å². The highest BCUT2D eigenvalue weighted by Gasteiger charge is 2.45. The molecule has 0 amide bonds.